The van der Waals surface area contributed by atoms with E-state index >= 15 is 0 Å². The van der Waals surface area contributed by atoms with Crippen molar-refractivity contribution in [3.05, 3.63) is 45.4 Å². The van der Waals surface area contributed by atoms with Gasteiger partial charge in [0.25, 0.3) is 0 Å². The van der Waals surface area contributed by atoms with Crippen molar-refractivity contribution in [2.75, 3.05) is 0 Å². The predicted octanol–water partition coefficient (Wildman–Crippen LogP) is 4.13. The summed E-state index contributed by atoms with van der Waals surface area (Å²) in [5.41, 5.74) is 2.95. The first-order valence-electron chi connectivity index (χ1n) is 5.11. The van der Waals surface area contributed by atoms with Gasteiger partial charge in [-0.1, -0.05) is 6.07 Å². The van der Waals surface area contributed by atoms with Gasteiger partial charge in [0, 0.05) is 5.56 Å². The van der Waals surface area contributed by atoms with Crippen molar-refractivity contribution in [1.82, 2.24) is 9.78 Å². The average Bonchev–Trinajstić information content (AvgIpc) is 2.56. The van der Waals surface area contributed by atoms with Gasteiger partial charge in [-0.25, -0.2) is 9.07 Å². The van der Waals surface area contributed by atoms with E-state index in [1.54, 1.807) is 10.7 Å². The quantitative estimate of drug-likeness (QED) is 0.762. The molecule has 90 valence electrons. The highest BCUT2D eigenvalue weighted by atomic mass is 79.9. The minimum Gasteiger partial charge on any atom is -0.236 e. The third-order valence-electron chi connectivity index (χ3n) is 2.66. The number of aromatic nitrogens is 2. The fourth-order valence-corrected chi connectivity index (χ4v) is 2.25. The third kappa shape index (κ3) is 2.11. The van der Waals surface area contributed by atoms with Crippen molar-refractivity contribution in [2.24, 2.45) is 0 Å². The number of alkyl halides is 1. The van der Waals surface area contributed by atoms with Gasteiger partial charge in [0.05, 0.1) is 27.4 Å². The zero-order valence-corrected chi connectivity index (χ0v) is 11.8. The minimum atomic E-state index is -0.304. The summed E-state index contributed by atoms with van der Waals surface area (Å²) in [6.07, 6.45) is 0. The van der Waals surface area contributed by atoms with Crippen molar-refractivity contribution in [2.45, 2.75) is 19.7 Å². The Morgan fingerprint density at radius 1 is 1.41 bits per heavy atom. The van der Waals surface area contributed by atoms with Gasteiger partial charge >= 0.3 is 0 Å². The Balaban J connectivity index is 2.68. The molecule has 2 nitrogen and oxygen atoms in total. The zero-order valence-electron chi connectivity index (χ0n) is 9.47. The number of benzene rings is 1. The monoisotopic (exact) mass is 316 g/mol. The van der Waals surface area contributed by atoms with Crippen LogP contribution in [0.15, 0.2) is 22.7 Å². The molecule has 0 aliphatic carbocycles. The smallest absolute Gasteiger partial charge is 0.129 e. The summed E-state index contributed by atoms with van der Waals surface area (Å²) >= 11 is 9.25. The molecule has 0 radical (unpaired) electrons. The van der Waals surface area contributed by atoms with Gasteiger partial charge in [0.2, 0.25) is 0 Å². The SMILES string of the molecule is Cc1nn(-c2cccc(F)c2CCl)c(C)c1Br. The lowest BCUT2D eigenvalue weighted by molar-refractivity contribution is 0.613. The Labute approximate surface area is 113 Å². The van der Waals surface area contributed by atoms with E-state index in [2.05, 4.69) is 21.0 Å². The maximum absolute atomic E-state index is 13.6. The topological polar surface area (TPSA) is 17.8 Å². The molecule has 0 unspecified atom stereocenters. The van der Waals surface area contributed by atoms with E-state index in [0.29, 0.717) is 11.3 Å². The summed E-state index contributed by atoms with van der Waals surface area (Å²) in [7, 11) is 0. The van der Waals surface area contributed by atoms with Crippen molar-refractivity contribution < 1.29 is 4.39 Å². The van der Waals surface area contributed by atoms with Gasteiger partial charge in [0.15, 0.2) is 0 Å². The number of aryl methyl sites for hydroxylation is 1. The Morgan fingerprint density at radius 2 is 2.12 bits per heavy atom. The van der Waals surface area contributed by atoms with Gasteiger partial charge in [-0.05, 0) is 41.9 Å². The number of hydrogen-bond acceptors (Lipinski definition) is 1. The van der Waals surface area contributed by atoms with Gasteiger partial charge in [-0.3, -0.25) is 0 Å². The second-order valence-corrected chi connectivity index (χ2v) is 4.83. The van der Waals surface area contributed by atoms with Crippen molar-refractivity contribution in [1.29, 1.82) is 0 Å². The molecule has 0 fully saturated rings. The van der Waals surface area contributed by atoms with Gasteiger partial charge < -0.3 is 0 Å². The van der Waals surface area contributed by atoms with E-state index in [0.717, 1.165) is 15.9 Å². The van der Waals surface area contributed by atoms with Crippen LogP contribution in [0.3, 0.4) is 0 Å². The highest BCUT2D eigenvalue weighted by molar-refractivity contribution is 9.10. The largest absolute Gasteiger partial charge is 0.236 e. The molecule has 5 heteroatoms. The Kier molecular flexibility index (Phi) is 3.54. The van der Waals surface area contributed by atoms with Crippen LogP contribution >= 0.6 is 27.5 Å². The van der Waals surface area contributed by atoms with Crippen molar-refractivity contribution in [3.63, 3.8) is 0 Å². The lowest BCUT2D eigenvalue weighted by atomic mass is 10.2. The summed E-state index contributed by atoms with van der Waals surface area (Å²) in [4.78, 5) is 0. The average molecular weight is 318 g/mol. The van der Waals surface area contributed by atoms with Gasteiger partial charge in [-0.2, -0.15) is 5.10 Å². The van der Waals surface area contributed by atoms with Crippen LogP contribution in [-0.4, -0.2) is 9.78 Å². The molecule has 0 aliphatic rings. The van der Waals surface area contributed by atoms with E-state index in [9.17, 15) is 4.39 Å². The first-order chi connectivity index (χ1) is 8.06. The number of halogens is 3. The van der Waals surface area contributed by atoms with Crippen molar-refractivity contribution in [3.8, 4) is 5.69 Å². The van der Waals surface area contributed by atoms with Crippen LogP contribution in [0.1, 0.15) is 17.0 Å². The van der Waals surface area contributed by atoms with E-state index in [1.165, 1.54) is 6.07 Å². The third-order valence-corrected chi connectivity index (χ3v) is 4.07. The van der Waals surface area contributed by atoms with E-state index < -0.39 is 0 Å². The minimum absolute atomic E-state index is 0.123. The molecule has 1 aromatic carbocycles. The van der Waals surface area contributed by atoms with Crippen LogP contribution in [0.25, 0.3) is 5.69 Å². The molecule has 1 heterocycles. The molecule has 0 amide bonds. The second kappa shape index (κ2) is 4.78. The molecule has 0 saturated carbocycles. The fraction of sp³-hybridized carbons (Fsp3) is 0.250. The van der Waals surface area contributed by atoms with Gasteiger partial charge in [0.1, 0.15) is 5.82 Å². The highest BCUT2D eigenvalue weighted by Gasteiger charge is 2.15. The molecule has 2 aromatic rings. The lowest BCUT2D eigenvalue weighted by Gasteiger charge is -2.09. The summed E-state index contributed by atoms with van der Waals surface area (Å²) < 4.78 is 16.3. The van der Waals surface area contributed by atoms with Crippen LogP contribution in [0.4, 0.5) is 4.39 Å². The number of rotatable bonds is 2. The molecule has 2 rings (SSSR count). The zero-order chi connectivity index (χ0) is 12.6. The highest BCUT2D eigenvalue weighted by Crippen LogP contribution is 2.26. The van der Waals surface area contributed by atoms with Crippen LogP contribution in [0.2, 0.25) is 0 Å². The molecule has 1 aromatic heterocycles. The molecular formula is C12H11BrClFN2. The van der Waals surface area contributed by atoms with E-state index in [-0.39, 0.29) is 11.7 Å². The van der Waals surface area contributed by atoms with Gasteiger partial charge in [-0.15, -0.1) is 11.6 Å². The first kappa shape index (κ1) is 12.6. The standard InChI is InChI=1S/C12H11BrClFN2/c1-7-12(13)8(2)17(16-7)11-5-3-4-10(15)9(11)6-14/h3-5H,6H2,1-2H3. The summed E-state index contributed by atoms with van der Waals surface area (Å²) in [6, 6.07) is 4.87. The molecule has 17 heavy (non-hydrogen) atoms. The molecule has 0 N–H and O–H groups in total. The normalized spacial score (nSPS) is 10.9. The molecule has 0 saturated heterocycles. The first-order valence-corrected chi connectivity index (χ1v) is 6.44. The fourth-order valence-electron chi connectivity index (χ4n) is 1.74. The number of hydrogen-bond donors (Lipinski definition) is 0. The second-order valence-electron chi connectivity index (χ2n) is 3.77. The van der Waals surface area contributed by atoms with Crippen molar-refractivity contribution >= 4 is 27.5 Å². The Morgan fingerprint density at radius 3 is 2.65 bits per heavy atom. The predicted molar refractivity (Wildman–Crippen MR) is 70.3 cm³/mol. The maximum atomic E-state index is 13.6. The van der Waals surface area contributed by atoms with Crippen LogP contribution in [0.5, 0.6) is 0 Å². The molecule has 0 aliphatic heterocycles. The summed E-state index contributed by atoms with van der Waals surface area (Å²) in [6.45, 7) is 3.82. The maximum Gasteiger partial charge on any atom is 0.129 e. The van der Waals surface area contributed by atoms with Crippen LogP contribution in [0, 0.1) is 19.7 Å². The Hall–Kier alpha value is -0.870. The molecular weight excluding hydrogens is 307 g/mol. The number of nitrogens with zero attached hydrogens (tertiary/aromatic N) is 2. The summed E-state index contributed by atoms with van der Waals surface area (Å²) in [5.74, 6) is -0.181. The Bertz CT molecular complexity index is 566. The molecule has 0 bridgehead atoms. The van der Waals surface area contributed by atoms with E-state index in [1.807, 2.05) is 19.9 Å². The molecule has 0 atom stereocenters. The van der Waals surface area contributed by atoms with Crippen LogP contribution in [-0.2, 0) is 5.88 Å². The lowest BCUT2D eigenvalue weighted by Crippen LogP contribution is -2.04. The van der Waals surface area contributed by atoms with Crippen LogP contribution < -0.4 is 0 Å². The molecule has 0 spiro atoms. The summed E-state index contributed by atoms with van der Waals surface area (Å²) in [5, 5.41) is 4.37. The van der Waals surface area contributed by atoms with E-state index in [4.69, 9.17) is 11.6 Å².